The number of aromatic amines is 1. The zero-order valence-electron chi connectivity index (χ0n) is 19.7. The van der Waals surface area contributed by atoms with Crippen LogP contribution in [0.15, 0.2) is 77.7 Å². The van der Waals surface area contributed by atoms with Crippen LogP contribution >= 0.6 is 0 Å². The van der Waals surface area contributed by atoms with Crippen LogP contribution < -0.4 is 15.4 Å². The van der Waals surface area contributed by atoms with Crippen LogP contribution in [-0.4, -0.2) is 16.7 Å². The highest BCUT2D eigenvalue weighted by atomic mass is 19.1. The number of ether oxygens (including phenoxy) is 1. The number of hydrogen-bond acceptors (Lipinski definition) is 5. The molecule has 0 aliphatic carbocycles. The van der Waals surface area contributed by atoms with Crippen molar-refractivity contribution in [3.63, 3.8) is 0 Å². The second-order valence-electron chi connectivity index (χ2n) is 8.26. The Morgan fingerprint density at radius 2 is 2.08 bits per heavy atom. The van der Waals surface area contributed by atoms with Crippen molar-refractivity contribution in [3.05, 3.63) is 90.0 Å². The Kier molecular flexibility index (Phi) is 6.97. The molecular formula is C27H23F2N5O2. The highest BCUT2D eigenvalue weighted by molar-refractivity contribution is 6.11. The van der Waals surface area contributed by atoms with Gasteiger partial charge in [-0.3, -0.25) is 4.79 Å². The van der Waals surface area contributed by atoms with E-state index in [1.165, 1.54) is 6.07 Å². The normalized spacial score (nSPS) is 16.4. The van der Waals surface area contributed by atoms with Crippen LogP contribution in [0.4, 0.5) is 20.2 Å². The average Bonchev–Trinajstić information content (AvgIpc) is 3.26. The Bertz CT molecular complexity index is 1490. The summed E-state index contributed by atoms with van der Waals surface area (Å²) in [6, 6.07) is 11.3. The molecule has 1 amide bonds. The summed E-state index contributed by atoms with van der Waals surface area (Å²) in [4.78, 5) is 18.8. The van der Waals surface area contributed by atoms with E-state index in [0.717, 1.165) is 12.1 Å². The van der Waals surface area contributed by atoms with Gasteiger partial charge in [-0.25, -0.2) is 13.8 Å². The third kappa shape index (κ3) is 5.03. The van der Waals surface area contributed by atoms with Crippen molar-refractivity contribution in [2.75, 3.05) is 10.6 Å². The van der Waals surface area contributed by atoms with Gasteiger partial charge >= 0.3 is 0 Å². The van der Waals surface area contributed by atoms with Gasteiger partial charge in [-0.1, -0.05) is 25.6 Å². The summed E-state index contributed by atoms with van der Waals surface area (Å²) in [6.45, 7) is 6.95. The van der Waals surface area contributed by atoms with E-state index in [1.807, 2.05) is 6.92 Å². The number of H-pyrrole nitrogens is 1. The summed E-state index contributed by atoms with van der Waals surface area (Å²) < 4.78 is 35.9. The summed E-state index contributed by atoms with van der Waals surface area (Å²) in [5.41, 5.74) is 1.73. The van der Waals surface area contributed by atoms with Crippen molar-refractivity contribution >= 4 is 34.0 Å². The van der Waals surface area contributed by atoms with E-state index in [1.54, 1.807) is 43.5 Å². The number of anilines is 2. The number of rotatable bonds is 5. The number of nitriles is 1. The average molecular weight is 488 g/mol. The first-order chi connectivity index (χ1) is 17.3. The minimum absolute atomic E-state index is 0.0394. The molecular weight excluding hydrogens is 464 g/mol. The van der Waals surface area contributed by atoms with E-state index in [-0.39, 0.29) is 45.6 Å². The predicted molar refractivity (Wildman–Crippen MR) is 135 cm³/mol. The lowest BCUT2D eigenvalue weighted by atomic mass is 9.99. The van der Waals surface area contributed by atoms with E-state index in [2.05, 4.69) is 33.3 Å². The van der Waals surface area contributed by atoms with Gasteiger partial charge < -0.3 is 20.4 Å². The third-order valence-corrected chi connectivity index (χ3v) is 5.54. The molecule has 0 saturated carbocycles. The van der Waals surface area contributed by atoms with Gasteiger partial charge in [0.25, 0.3) is 0 Å². The number of halogens is 2. The molecule has 2 aromatic carbocycles. The Morgan fingerprint density at radius 3 is 2.83 bits per heavy atom. The summed E-state index contributed by atoms with van der Waals surface area (Å²) in [7, 11) is 0. The maximum atomic E-state index is 15.3. The summed E-state index contributed by atoms with van der Waals surface area (Å²) >= 11 is 0. The van der Waals surface area contributed by atoms with Gasteiger partial charge in [0.05, 0.1) is 5.52 Å². The first-order valence-electron chi connectivity index (χ1n) is 11.1. The zero-order valence-corrected chi connectivity index (χ0v) is 19.7. The van der Waals surface area contributed by atoms with Crippen LogP contribution in [0.2, 0.25) is 0 Å². The summed E-state index contributed by atoms with van der Waals surface area (Å²) in [5.74, 6) is -2.14. The molecule has 1 aliphatic rings. The molecule has 1 unspecified atom stereocenters. The number of allylic oxidation sites excluding steroid dienone is 2. The largest absolute Gasteiger partial charge is 0.457 e. The first kappa shape index (κ1) is 24.4. The fourth-order valence-electron chi connectivity index (χ4n) is 3.81. The minimum atomic E-state index is -0.734. The first-order valence-corrected chi connectivity index (χ1v) is 11.1. The van der Waals surface area contributed by atoms with Gasteiger partial charge in [-0.15, -0.1) is 0 Å². The number of nitrogens with zero attached hydrogens (tertiary/aromatic N) is 2. The number of amidine groups is 1. The van der Waals surface area contributed by atoms with Crippen LogP contribution in [0.5, 0.6) is 5.75 Å². The third-order valence-electron chi connectivity index (χ3n) is 5.54. The second kappa shape index (κ2) is 10.3. The van der Waals surface area contributed by atoms with E-state index < -0.39 is 11.6 Å². The number of benzene rings is 2. The molecule has 4 rings (SSSR count). The van der Waals surface area contributed by atoms with Crippen molar-refractivity contribution in [1.29, 1.82) is 5.26 Å². The van der Waals surface area contributed by atoms with E-state index in [4.69, 9.17) is 4.74 Å². The number of fused-ring (bicyclic) bond motifs is 1. The Hall–Kier alpha value is -4.71. The van der Waals surface area contributed by atoms with E-state index >= 15 is 4.39 Å². The van der Waals surface area contributed by atoms with Crippen molar-refractivity contribution in [3.8, 4) is 11.8 Å². The van der Waals surface area contributed by atoms with Crippen LogP contribution in [0.3, 0.4) is 0 Å². The van der Waals surface area contributed by atoms with E-state index in [9.17, 15) is 14.4 Å². The monoisotopic (exact) mass is 487 g/mol. The SMILES string of the molecule is C=CC(=O)Nc1cccc(NC2=N/C=C/CC(C)C(Oc3cc(F)c4[nH]c(C)cc4c3F)=C2C#N)c1. The Balaban J connectivity index is 1.74. The number of aromatic nitrogens is 1. The molecule has 1 atom stereocenters. The molecule has 1 aromatic heterocycles. The van der Waals surface area contributed by atoms with Crippen molar-refractivity contribution < 1.29 is 18.3 Å². The molecule has 9 heteroatoms. The summed E-state index contributed by atoms with van der Waals surface area (Å²) in [6.07, 6.45) is 4.97. The molecule has 3 aromatic rings. The molecule has 36 heavy (non-hydrogen) atoms. The van der Waals surface area contributed by atoms with Crippen molar-refractivity contribution in [2.24, 2.45) is 10.9 Å². The van der Waals surface area contributed by atoms with E-state index in [0.29, 0.717) is 23.5 Å². The molecule has 2 heterocycles. The molecule has 182 valence electrons. The number of aryl methyl sites for hydroxylation is 1. The number of amides is 1. The standard InChI is InChI=1S/C27H23F2N5O2/c1-4-23(35)33-17-8-5-9-18(12-17)34-27-20(14-30)26(15(2)7-6-10-31-27)36-22-13-21(28)25-19(24(22)29)11-16(3)32-25/h4-6,8-13,15,32H,1,7H2,2-3H3,(H,31,34)(H,33,35)/b10-6+,26-20?. The Labute approximate surface area is 206 Å². The molecule has 0 bridgehead atoms. The topological polar surface area (TPSA) is 102 Å². The molecule has 0 saturated heterocycles. The molecule has 0 fully saturated rings. The number of nitrogens with one attached hydrogen (secondary N) is 3. The second-order valence-corrected chi connectivity index (χ2v) is 8.26. The van der Waals surface area contributed by atoms with Crippen LogP contribution in [-0.2, 0) is 4.79 Å². The zero-order chi connectivity index (χ0) is 25.8. The number of carbonyl (C=O) groups excluding carboxylic acids is 1. The Morgan fingerprint density at radius 1 is 1.31 bits per heavy atom. The molecule has 0 spiro atoms. The lowest BCUT2D eigenvalue weighted by Gasteiger charge is -2.21. The van der Waals surface area contributed by atoms with Gasteiger partial charge in [-0.2, -0.15) is 5.26 Å². The van der Waals surface area contributed by atoms with Crippen LogP contribution in [0.1, 0.15) is 19.0 Å². The minimum Gasteiger partial charge on any atom is -0.457 e. The smallest absolute Gasteiger partial charge is 0.247 e. The van der Waals surface area contributed by atoms with Crippen molar-refractivity contribution in [2.45, 2.75) is 20.3 Å². The highest BCUT2D eigenvalue weighted by Gasteiger charge is 2.25. The molecule has 0 radical (unpaired) electrons. The molecule has 1 aliphatic heterocycles. The number of aliphatic imine (C=N–C) groups is 1. The van der Waals surface area contributed by atoms with Gasteiger partial charge in [-0.05, 0) is 43.7 Å². The lowest BCUT2D eigenvalue weighted by molar-refractivity contribution is -0.111. The van der Waals surface area contributed by atoms with Gasteiger partial charge in [0.15, 0.2) is 23.2 Å². The molecule has 7 nitrogen and oxygen atoms in total. The quantitative estimate of drug-likeness (QED) is 0.379. The maximum absolute atomic E-state index is 15.3. The van der Waals surface area contributed by atoms with Crippen molar-refractivity contribution in [1.82, 2.24) is 4.98 Å². The maximum Gasteiger partial charge on any atom is 0.247 e. The fraction of sp³-hybridized carbons (Fsp3) is 0.148. The number of carbonyl (C=O) groups is 1. The van der Waals surface area contributed by atoms with Gasteiger partial charge in [0.1, 0.15) is 17.4 Å². The van der Waals surface area contributed by atoms with Crippen LogP contribution in [0.25, 0.3) is 10.9 Å². The van der Waals surface area contributed by atoms with Gasteiger partial charge in [0.2, 0.25) is 5.91 Å². The lowest BCUT2D eigenvalue weighted by Crippen LogP contribution is -2.21. The highest BCUT2D eigenvalue weighted by Crippen LogP contribution is 2.33. The number of hydrogen-bond donors (Lipinski definition) is 3. The molecule has 3 N–H and O–H groups in total. The van der Waals surface area contributed by atoms with Gasteiger partial charge in [0, 0.05) is 40.6 Å². The summed E-state index contributed by atoms with van der Waals surface area (Å²) in [5, 5.41) is 15.8. The fourth-order valence-corrected chi connectivity index (χ4v) is 3.81. The predicted octanol–water partition coefficient (Wildman–Crippen LogP) is 6.10. The van der Waals surface area contributed by atoms with Crippen LogP contribution in [0, 0.1) is 35.8 Å².